The Morgan fingerprint density at radius 2 is 1.05 bits per heavy atom. The lowest BCUT2D eigenvalue weighted by atomic mass is 9.97. The van der Waals surface area contributed by atoms with Crippen molar-refractivity contribution in [3.8, 4) is 0 Å². The van der Waals surface area contributed by atoms with E-state index in [0.29, 0.717) is 12.8 Å². The fraction of sp³-hybridized carbons (Fsp3) is 0.827. The zero-order chi connectivity index (χ0) is 48.2. The van der Waals surface area contributed by atoms with Gasteiger partial charge in [0.05, 0.1) is 32.0 Å². The maximum Gasteiger partial charge on any atom is 0.220 e. The number of nitrogens with one attached hydrogen (secondary N) is 1. The van der Waals surface area contributed by atoms with Crippen molar-refractivity contribution < 1.29 is 64.6 Å². The Morgan fingerprint density at radius 1 is 0.561 bits per heavy atom. The van der Waals surface area contributed by atoms with E-state index in [1.54, 1.807) is 0 Å². The van der Waals surface area contributed by atoms with Crippen molar-refractivity contribution in [3.05, 3.63) is 48.6 Å². The number of carbonyl (C=O) groups excluding carboxylic acids is 1. The number of rotatable bonds is 39. The zero-order valence-corrected chi connectivity index (χ0v) is 40.7. The third kappa shape index (κ3) is 25.5. The Bertz CT molecular complexity index is 1290. The normalized spacial score (nSPS) is 27.2. The molecule has 14 nitrogen and oxygen atoms in total. The monoisotopic (exact) mass is 940 g/mol. The fourth-order valence-corrected chi connectivity index (χ4v) is 8.34. The highest BCUT2D eigenvalue weighted by molar-refractivity contribution is 5.76. The van der Waals surface area contributed by atoms with E-state index in [0.717, 1.165) is 89.9 Å². The van der Waals surface area contributed by atoms with E-state index in [1.807, 2.05) is 0 Å². The highest BCUT2D eigenvalue weighted by Gasteiger charge is 2.51. The molecule has 66 heavy (non-hydrogen) atoms. The number of allylic oxidation sites excluding steroid dienone is 8. The minimum Gasteiger partial charge on any atom is -0.394 e. The summed E-state index contributed by atoms with van der Waals surface area (Å²) in [6.45, 7) is 2.67. The highest BCUT2D eigenvalue weighted by atomic mass is 16.7. The molecule has 12 unspecified atom stereocenters. The van der Waals surface area contributed by atoms with Gasteiger partial charge in [-0.2, -0.15) is 0 Å². The number of amides is 1. The molecule has 1 amide bonds. The molecule has 14 heteroatoms. The van der Waals surface area contributed by atoms with Gasteiger partial charge in [0.1, 0.15) is 48.8 Å². The van der Waals surface area contributed by atoms with Crippen molar-refractivity contribution in [1.82, 2.24) is 5.32 Å². The molecule has 2 aliphatic rings. The third-order valence-electron chi connectivity index (χ3n) is 12.6. The van der Waals surface area contributed by atoms with E-state index >= 15 is 0 Å². The maximum absolute atomic E-state index is 13.1. The summed E-state index contributed by atoms with van der Waals surface area (Å²) in [4.78, 5) is 13.1. The number of ether oxygens (including phenoxy) is 4. The number of aliphatic hydroxyl groups excluding tert-OH is 8. The van der Waals surface area contributed by atoms with Crippen LogP contribution in [0.1, 0.15) is 181 Å². The van der Waals surface area contributed by atoms with Crippen LogP contribution in [0.3, 0.4) is 0 Å². The predicted octanol–water partition coefficient (Wildman–Crippen LogP) is 6.88. The van der Waals surface area contributed by atoms with Crippen LogP contribution < -0.4 is 5.32 Å². The van der Waals surface area contributed by atoms with Crippen molar-refractivity contribution in [1.29, 1.82) is 0 Å². The van der Waals surface area contributed by atoms with Crippen molar-refractivity contribution in [2.24, 2.45) is 0 Å². The van der Waals surface area contributed by atoms with Gasteiger partial charge in [-0.05, 0) is 51.4 Å². The predicted molar refractivity (Wildman–Crippen MR) is 258 cm³/mol. The van der Waals surface area contributed by atoms with Crippen LogP contribution >= 0.6 is 0 Å². The van der Waals surface area contributed by atoms with Gasteiger partial charge in [-0.25, -0.2) is 0 Å². The molecule has 0 saturated carbocycles. The van der Waals surface area contributed by atoms with E-state index in [-0.39, 0.29) is 12.5 Å². The van der Waals surface area contributed by atoms with Crippen LogP contribution in [0.5, 0.6) is 0 Å². The van der Waals surface area contributed by atoms with Crippen LogP contribution in [0.25, 0.3) is 0 Å². The Labute approximate surface area is 397 Å². The number of hydrogen-bond acceptors (Lipinski definition) is 13. The molecule has 2 rings (SSSR count). The molecule has 2 saturated heterocycles. The van der Waals surface area contributed by atoms with Crippen molar-refractivity contribution >= 4 is 5.91 Å². The highest BCUT2D eigenvalue weighted by Crippen LogP contribution is 2.30. The standard InChI is InChI=1S/C52H93NO13/c1-3-5-7-9-11-12-13-14-15-16-17-18-19-20-21-22-23-24-25-26-27-28-30-32-34-36-44(57)53-40(41(56)35-33-31-29-10-8-6-4-2)39-63-51-49(62)47(60)50(43(38-55)65-51)66-52-48(61)46(59)45(58)42(37-54)64-52/h5,7,11-12,14-15,17-18,40-43,45-52,54-56,58-62H,3-4,6,8-10,13,16,19-39H2,1-2H3,(H,53,57)/b7-5-,12-11-,15-14-,18-17-. The second kappa shape index (κ2) is 38.8. The van der Waals surface area contributed by atoms with Gasteiger partial charge in [0.25, 0.3) is 0 Å². The first kappa shape index (κ1) is 60.1. The molecule has 2 fully saturated rings. The van der Waals surface area contributed by atoms with Crippen LogP contribution in [0.2, 0.25) is 0 Å². The molecular weight excluding hydrogens is 847 g/mol. The van der Waals surface area contributed by atoms with Crippen LogP contribution in [-0.4, -0.2) is 140 Å². The second-order valence-electron chi connectivity index (χ2n) is 18.3. The Hall–Kier alpha value is -2.05. The van der Waals surface area contributed by atoms with Crippen LogP contribution in [0.15, 0.2) is 48.6 Å². The summed E-state index contributed by atoms with van der Waals surface area (Å²) in [7, 11) is 0. The van der Waals surface area contributed by atoms with Gasteiger partial charge < -0.3 is 65.1 Å². The quantitative estimate of drug-likeness (QED) is 0.0227. The van der Waals surface area contributed by atoms with Crippen molar-refractivity contribution in [2.45, 2.75) is 254 Å². The van der Waals surface area contributed by atoms with Gasteiger partial charge in [0.15, 0.2) is 12.6 Å². The van der Waals surface area contributed by atoms with Gasteiger partial charge in [0, 0.05) is 6.42 Å². The summed E-state index contributed by atoms with van der Waals surface area (Å²) < 4.78 is 22.7. The smallest absolute Gasteiger partial charge is 0.220 e. The fourth-order valence-electron chi connectivity index (χ4n) is 8.34. The first-order valence-corrected chi connectivity index (χ1v) is 25.9. The molecule has 0 aliphatic carbocycles. The average Bonchev–Trinajstić information content (AvgIpc) is 3.31. The molecule has 0 spiro atoms. The first-order valence-electron chi connectivity index (χ1n) is 25.9. The summed E-state index contributed by atoms with van der Waals surface area (Å²) >= 11 is 0. The molecule has 384 valence electrons. The first-order chi connectivity index (χ1) is 32.1. The third-order valence-corrected chi connectivity index (χ3v) is 12.6. The van der Waals surface area contributed by atoms with Crippen LogP contribution in [0, 0.1) is 0 Å². The molecule has 0 aromatic rings. The largest absolute Gasteiger partial charge is 0.394 e. The van der Waals surface area contributed by atoms with Crippen LogP contribution in [-0.2, 0) is 23.7 Å². The van der Waals surface area contributed by atoms with Gasteiger partial charge in [-0.3, -0.25) is 4.79 Å². The van der Waals surface area contributed by atoms with E-state index in [4.69, 9.17) is 18.9 Å². The minimum absolute atomic E-state index is 0.216. The number of unbranched alkanes of at least 4 members (excludes halogenated alkanes) is 18. The molecule has 12 atom stereocenters. The van der Waals surface area contributed by atoms with E-state index < -0.39 is 86.8 Å². The second-order valence-corrected chi connectivity index (χ2v) is 18.3. The number of aliphatic hydroxyl groups is 8. The van der Waals surface area contributed by atoms with Crippen molar-refractivity contribution in [2.75, 3.05) is 19.8 Å². The molecule has 0 radical (unpaired) electrons. The van der Waals surface area contributed by atoms with Gasteiger partial charge >= 0.3 is 0 Å². The topological polar surface area (TPSA) is 228 Å². The molecular formula is C52H93NO13. The van der Waals surface area contributed by atoms with E-state index in [1.165, 1.54) is 64.2 Å². The van der Waals surface area contributed by atoms with Crippen molar-refractivity contribution in [3.63, 3.8) is 0 Å². The molecule has 9 N–H and O–H groups in total. The maximum atomic E-state index is 13.1. The number of hydrogen-bond donors (Lipinski definition) is 9. The molecule has 2 heterocycles. The Kier molecular flexibility index (Phi) is 35.3. The Balaban J connectivity index is 1.69. The molecule has 0 bridgehead atoms. The van der Waals surface area contributed by atoms with Gasteiger partial charge in [-0.1, -0.05) is 172 Å². The SMILES string of the molecule is CC/C=C\C/C=C\C/C=C\C/C=C\CCCCCCCCCCCCCCC(=O)NC(COC1OC(CO)C(OC2OC(CO)C(O)C(O)C2O)C(O)C1O)C(O)CCCCCCCCC. The zero-order valence-electron chi connectivity index (χ0n) is 40.7. The van der Waals surface area contributed by atoms with Gasteiger partial charge in [0.2, 0.25) is 5.91 Å². The Morgan fingerprint density at radius 3 is 1.61 bits per heavy atom. The lowest BCUT2D eigenvalue weighted by Crippen LogP contribution is -2.65. The van der Waals surface area contributed by atoms with Gasteiger partial charge in [-0.15, -0.1) is 0 Å². The molecule has 0 aromatic heterocycles. The van der Waals surface area contributed by atoms with E-state index in [9.17, 15) is 45.6 Å². The summed E-state index contributed by atoms with van der Waals surface area (Å²) in [6.07, 6.45) is 28.7. The number of carbonyl (C=O) groups is 1. The van der Waals surface area contributed by atoms with Crippen LogP contribution in [0.4, 0.5) is 0 Å². The summed E-state index contributed by atoms with van der Waals surface area (Å²) in [5, 5.41) is 86.6. The summed E-state index contributed by atoms with van der Waals surface area (Å²) in [5.41, 5.74) is 0. The molecule has 2 aliphatic heterocycles. The summed E-state index contributed by atoms with van der Waals surface area (Å²) in [5.74, 6) is -0.216. The molecule has 0 aromatic carbocycles. The summed E-state index contributed by atoms with van der Waals surface area (Å²) in [6, 6.07) is -0.827. The average molecular weight is 940 g/mol. The lowest BCUT2D eigenvalue weighted by molar-refractivity contribution is -0.359. The van der Waals surface area contributed by atoms with E-state index in [2.05, 4.69) is 67.8 Å². The lowest BCUT2D eigenvalue weighted by Gasteiger charge is -2.46. The minimum atomic E-state index is -1.78.